The number of amides is 5. The molecule has 2 aromatic heterocycles. The highest BCUT2D eigenvalue weighted by molar-refractivity contribution is 8.00. The van der Waals surface area contributed by atoms with Gasteiger partial charge in [0.2, 0.25) is 17.7 Å². The van der Waals surface area contributed by atoms with Crippen molar-refractivity contribution in [1.29, 1.82) is 0 Å². The summed E-state index contributed by atoms with van der Waals surface area (Å²) in [6.07, 6.45) is 15.1. The van der Waals surface area contributed by atoms with Crippen LogP contribution in [0.5, 0.6) is 0 Å². The number of carbonyl (C=O) groups excluding carboxylic acids is 4. The molecular weight excluding hydrogens is 756 g/mol. The van der Waals surface area contributed by atoms with Gasteiger partial charge in [0, 0.05) is 86.0 Å². The van der Waals surface area contributed by atoms with E-state index in [2.05, 4.69) is 47.5 Å². The second-order valence-corrected chi connectivity index (χ2v) is 17.2. The normalized spacial score (nSPS) is 19.3. The molecule has 0 aliphatic carbocycles. The van der Waals surface area contributed by atoms with Gasteiger partial charge >= 0.3 is 6.03 Å². The van der Waals surface area contributed by atoms with Gasteiger partial charge in [-0.3, -0.25) is 19.4 Å². The third-order valence-electron chi connectivity index (χ3n) is 11.6. The zero-order valence-corrected chi connectivity index (χ0v) is 34.5. The number of urea groups is 1. The molecule has 12 nitrogen and oxygen atoms in total. The number of aromatic amines is 1. The van der Waals surface area contributed by atoms with Crippen molar-refractivity contribution in [1.82, 2.24) is 41.5 Å². The van der Waals surface area contributed by atoms with Gasteiger partial charge in [-0.05, 0) is 118 Å². The number of rotatable bonds is 23. The number of benzene rings is 1. The lowest BCUT2D eigenvalue weighted by molar-refractivity contribution is -0.122. The van der Waals surface area contributed by atoms with E-state index in [0.717, 1.165) is 118 Å². The first-order valence-corrected chi connectivity index (χ1v) is 22.5. The molecule has 0 radical (unpaired) electrons. The highest BCUT2D eigenvalue weighted by atomic mass is 32.2. The largest absolute Gasteiger partial charge is 0.358 e. The zero-order chi connectivity index (χ0) is 40.5. The smallest absolute Gasteiger partial charge is 0.315 e. The standard InChI is InChI=1S/C44H61FN8O4S/c45-34-15-13-33(14-16-34)42-35(31-17-23-46-24-18-31)29-36(50-42)32-19-26-53(27-20-32)28-25-49-41(56)11-4-2-8-21-47-39(54)10-3-1-7-22-48-40(55)12-6-5-9-38-43-37(30-58-38)51-44(57)52-43/h13-18,23-24,29,32,37-38,43,50H,1-12,19-22,25-28,30H2,(H,47,54)(H,48,55)(H,49,56)(H2,51,52,57)/t37-,38-,43-/m0/s1. The van der Waals surface area contributed by atoms with Gasteiger partial charge in [0.15, 0.2) is 0 Å². The van der Waals surface area contributed by atoms with E-state index in [9.17, 15) is 23.6 Å². The predicted molar refractivity (Wildman–Crippen MR) is 228 cm³/mol. The van der Waals surface area contributed by atoms with Crippen LogP contribution in [0.4, 0.5) is 9.18 Å². The fourth-order valence-corrected chi connectivity index (χ4v) is 9.83. The Balaban J connectivity index is 0.733. The van der Waals surface area contributed by atoms with Crippen molar-refractivity contribution < 1.29 is 23.6 Å². The fourth-order valence-electron chi connectivity index (χ4n) is 8.29. The first kappa shape index (κ1) is 43.2. The first-order chi connectivity index (χ1) is 28.3. The highest BCUT2D eigenvalue weighted by Gasteiger charge is 2.42. The number of pyridine rings is 1. The minimum absolute atomic E-state index is 0.0582. The fraction of sp³-hybridized carbons (Fsp3) is 0.568. The summed E-state index contributed by atoms with van der Waals surface area (Å²) in [4.78, 5) is 58.6. The summed E-state index contributed by atoms with van der Waals surface area (Å²) in [6, 6.07) is 13.3. The Morgan fingerprint density at radius 1 is 0.759 bits per heavy atom. The predicted octanol–water partition coefficient (Wildman–Crippen LogP) is 6.26. The molecule has 58 heavy (non-hydrogen) atoms. The summed E-state index contributed by atoms with van der Waals surface area (Å²) >= 11 is 1.90. The van der Waals surface area contributed by atoms with Gasteiger partial charge in [-0.1, -0.05) is 19.3 Å². The average Bonchev–Trinajstić information content (AvgIpc) is 3.95. The zero-order valence-electron chi connectivity index (χ0n) is 33.7. The van der Waals surface area contributed by atoms with Crippen LogP contribution in [-0.4, -0.2) is 101 Å². The van der Waals surface area contributed by atoms with Crippen LogP contribution in [0.3, 0.4) is 0 Å². The lowest BCUT2D eigenvalue weighted by atomic mass is 9.93. The molecule has 0 saturated carbocycles. The van der Waals surface area contributed by atoms with E-state index in [1.807, 2.05) is 36.0 Å². The second kappa shape index (κ2) is 22.6. The van der Waals surface area contributed by atoms with Gasteiger partial charge in [-0.2, -0.15) is 11.8 Å². The Bertz CT molecular complexity index is 1770. The van der Waals surface area contributed by atoms with Gasteiger partial charge in [-0.15, -0.1) is 0 Å². The van der Waals surface area contributed by atoms with Crippen LogP contribution < -0.4 is 26.6 Å². The van der Waals surface area contributed by atoms with E-state index in [-0.39, 0.29) is 41.7 Å². The minimum Gasteiger partial charge on any atom is -0.358 e. The number of aromatic nitrogens is 2. The van der Waals surface area contributed by atoms with Crippen molar-refractivity contribution in [2.24, 2.45) is 0 Å². The molecule has 3 atom stereocenters. The maximum atomic E-state index is 13.7. The van der Waals surface area contributed by atoms with Crippen molar-refractivity contribution in [2.75, 3.05) is 45.0 Å². The number of hydrogen-bond donors (Lipinski definition) is 6. The lowest BCUT2D eigenvalue weighted by Gasteiger charge is -2.31. The van der Waals surface area contributed by atoms with Crippen LogP contribution in [0.1, 0.15) is 102 Å². The Morgan fingerprint density at radius 3 is 2.03 bits per heavy atom. The molecular formula is C44H61FN8O4S. The third-order valence-corrected chi connectivity index (χ3v) is 13.1. The Morgan fingerprint density at radius 2 is 1.38 bits per heavy atom. The molecule has 0 unspecified atom stereocenters. The summed E-state index contributed by atoms with van der Waals surface area (Å²) in [6.45, 7) is 4.66. The molecule has 3 aromatic rings. The second-order valence-electron chi connectivity index (χ2n) is 15.9. The SMILES string of the molecule is O=C(CCCCCNC(=O)CCCC[C@@H]1SC[C@@H]2NC(=O)N[C@@H]21)NCCCCCC(=O)NCCN1CCC(c2cc(-c3ccncc3)c(-c3ccc(F)cc3)[nH]2)CC1. The number of H-pyrrole nitrogens is 1. The number of nitrogens with one attached hydrogen (secondary N) is 6. The molecule has 5 heterocycles. The lowest BCUT2D eigenvalue weighted by Crippen LogP contribution is -2.39. The van der Waals surface area contributed by atoms with Gasteiger partial charge < -0.3 is 36.5 Å². The molecule has 314 valence electrons. The molecule has 0 spiro atoms. The quantitative estimate of drug-likeness (QED) is 0.0487. The number of carbonyl (C=O) groups is 4. The molecule has 6 rings (SSSR count). The van der Waals surface area contributed by atoms with Crippen LogP contribution in [-0.2, 0) is 14.4 Å². The summed E-state index contributed by atoms with van der Waals surface area (Å²) in [5.74, 6) is 1.33. The Kier molecular flexibility index (Phi) is 16.9. The molecule has 14 heteroatoms. The van der Waals surface area contributed by atoms with Crippen LogP contribution >= 0.6 is 11.8 Å². The summed E-state index contributed by atoms with van der Waals surface area (Å²) in [7, 11) is 0. The number of likely N-dealkylation sites (tertiary alicyclic amines) is 1. The van der Waals surface area contributed by atoms with Crippen molar-refractivity contribution in [3.8, 4) is 22.4 Å². The number of halogens is 1. The molecule has 0 bridgehead atoms. The number of unbranched alkanes of at least 4 members (excludes halogenated alkanes) is 5. The number of nitrogens with zero attached hydrogens (tertiary/aromatic N) is 2. The van der Waals surface area contributed by atoms with E-state index in [4.69, 9.17) is 0 Å². The maximum Gasteiger partial charge on any atom is 0.315 e. The van der Waals surface area contributed by atoms with E-state index < -0.39 is 0 Å². The third kappa shape index (κ3) is 13.3. The average molecular weight is 817 g/mol. The molecule has 3 fully saturated rings. The van der Waals surface area contributed by atoms with Crippen molar-refractivity contribution >= 4 is 35.5 Å². The van der Waals surface area contributed by atoms with Gasteiger partial charge in [-0.25, -0.2) is 9.18 Å². The van der Waals surface area contributed by atoms with E-state index in [1.165, 1.54) is 17.8 Å². The first-order valence-electron chi connectivity index (χ1n) is 21.4. The molecule has 3 aliphatic rings. The topological polar surface area (TPSA) is 160 Å². The van der Waals surface area contributed by atoms with Crippen molar-refractivity contribution in [3.05, 3.63) is 66.4 Å². The summed E-state index contributed by atoms with van der Waals surface area (Å²) < 4.78 is 13.7. The van der Waals surface area contributed by atoms with Crippen LogP contribution in [0.2, 0.25) is 0 Å². The Labute approximate surface area is 346 Å². The summed E-state index contributed by atoms with van der Waals surface area (Å²) in [5, 5.41) is 15.5. The minimum atomic E-state index is -0.251. The van der Waals surface area contributed by atoms with Gasteiger partial charge in [0.1, 0.15) is 5.82 Å². The molecule has 5 amide bonds. The van der Waals surface area contributed by atoms with Crippen LogP contribution in [0.25, 0.3) is 22.4 Å². The van der Waals surface area contributed by atoms with Crippen LogP contribution in [0, 0.1) is 5.82 Å². The summed E-state index contributed by atoms with van der Waals surface area (Å²) in [5.41, 5.74) is 5.32. The molecule has 3 aliphatic heterocycles. The van der Waals surface area contributed by atoms with Crippen LogP contribution in [0.15, 0.2) is 54.9 Å². The van der Waals surface area contributed by atoms with E-state index >= 15 is 0 Å². The van der Waals surface area contributed by atoms with Crippen molar-refractivity contribution in [2.45, 2.75) is 113 Å². The van der Waals surface area contributed by atoms with Gasteiger partial charge in [0.05, 0.1) is 17.8 Å². The van der Waals surface area contributed by atoms with Crippen molar-refractivity contribution in [3.63, 3.8) is 0 Å². The molecule has 6 N–H and O–H groups in total. The van der Waals surface area contributed by atoms with E-state index in [0.29, 0.717) is 50.1 Å². The molecule has 3 saturated heterocycles. The van der Waals surface area contributed by atoms with E-state index in [1.54, 1.807) is 12.4 Å². The number of hydrogen-bond acceptors (Lipinski definition) is 7. The maximum absolute atomic E-state index is 13.7. The number of piperidine rings is 1. The van der Waals surface area contributed by atoms with Gasteiger partial charge in [0.25, 0.3) is 0 Å². The number of fused-ring (bicyclic) bond motifs is 1. The Hall–Kier alpha value is -4.43. The highest BCUT2D eigenvalue weighted by Crippen LogP contribution is 2.37. The number of thioether (sulfide) groups is 1. The monoisotopic (exact) mass is 816 g/mol. The molecule has 1 aromatic carbocycles.